The molecule has 0 saturated carbocycles. The third-order valence-electron chi connectivity index (χ3n) is 3.13. The number of rotatable bonds is 1. The highest BCUT2D eigenvalue weighted by atomic mass is 19.4. The minimum atomic E-state index is -5.82. The normalized spacial score (nSPS) is 15.7. The molecular weight excluding hydrogens is 297 g/mol. The van der Waals surface area contributed by atoms with Crippen molar-refractivity contribution in [1.29, 1.82) is 0 Å². The van der Waals surface area contributed by atoms with Gasteiger partial charge in [-0.1, -0.05) is 6.07 Å². The number of carbonyl (C=O) groups is 1. The zero-order valence-electron chi connectivity index (χ0n) is 10.1. The molecule has 0 aliphatic carbocycles. The minimum Gasteiger partial charge on any atom is -0.360 e. The first-order valence-corrected chi connectivity index (χ1v) is 5.67. The molecule has 0 radical (unpaired) electrons. The lowest BCUT2D eigenvalue weighted by Crippen LogP contribution is -2.45. The molecule has 3 rings (SSSR count). The molecule has 21 heavy (non-hydrogen) atoms. The lowest BCUT2D eigenvalue weighted by atomic mass is 10.00. The van der Waals surface area contributed by atoms with Crippen LogP contribution < -0.4 is 5.43 Å². The van der Waals surface area contributed by atoms with Crippen LogP contribution in [0.1, 0.15) is 15.9 Å². The zero-order chi connectivity index (χ0) is 15.4. The number of halogens is 5. The third-order valence-corrected chi connectivity index (χ3v) is 3.13. The quantitative estimate of drug-likeness (QED) is 0.782. The summed E-state index contributed by atoms with van der Waals surface area (Å²) in [7, 11) is 0. The molecule has 0 saturated heterocycles. The van der Waals surface area contributed by atoms with E-state index in [0.717, 1.165) is 6.20 Å². The SMILES string of the molecule is O=C1NN=C(C(F)(F)C(F)(F)F)c2c[nH]c3cccc1c23. The lowest BCUT2D eigenvalue weighted by Gasteiger charge is -2.20. The van der Waals surface area contributed by atoms with Gasteiger partial charge in [-0.2, -0.15) is 27.1 Å². The standard InChI is InChI=1S/C12H6F5N3O/c13-11(14,12(15,16)17)9-6-4-18-7-3-1-2-5(8(6)7)10(21)20-19-9/h1-4,18H,(H,20,21). The van der Waals surface area contributed by atoms with Gasteiger partial charge in [0.05, 0.1) is 5.56 Å². The van der Waals surface area contributed by atoms with Crippen LogP contribution >= 0.6 is 0 Å². The Morgan fingerprint density at radius 3 is 2.43 bits per heavy atom. The lowest BCUT2D eigenvalue weighted by molar-refractivity contribution is -0.249. The Labute approximate surface area is 113 Å². The van der Waals surface area contributed by atoms with E-state index in [1.165, 1.54) is 18.2 Å². The van der Waals surface area contributed by atoms with Crippen LogP contribution in [0, 0.1) is 0 Å². The van der Waals surface area contributed by atoms with E-state index in [0.29, 0.717) is 0 Å². The van der Waals surface area contributed by atoms with Crippen LogP contribution in [0.5, 0.6) is 0 Å². The second-order valence-corrected chi connectivity index (χ2v) is 4.40. The molecule has 1 aliphatic rings. The predicted molar refractivity (Wildman–Crippen MR) is 63.3 cm³/mol. The van der Waals surface area contributed by atoms with Gasteiger partial charge in [-0.25, -0.2) is 5.43 Å². The molecule has 1 aromatic heterocycles. The van der Waals surface area contributed by atoms with Gasteiger partial charge in [-0.15, -0.1) is 0 Å². The Morgan fingerprint density at radius 1 is 1.05 bits per heavy atom. The van der Waals surface area contributed by atoms with Gasteiger partial charge in [0, 0.05) is 22.7 Å². The molecule has 1 aliphatic heterocycles. The minimum absolute atomic E-state index is 0.0184. The van der Waals surface area contributed by atoms with E-state index in [9.17, 15) is 26.7 Å². The van der Waals surface area contributed by atoms with Gasteiger partial charge in [-0.05, 0) is 12.1 Å². The van der Waals surface area contributed by atoms with Crippen molar-refractivity contribution in [1.82, 2.24) is 10.4 Å². The van der Waals surface area contributed by atoms with Gasteiger partial charge in [0.25, 0.3) is 5.91 Å². The molecule has 0 bridgehead atoms. The molecule has 4 nitrogen and oxygen atoms in total. The fourth-order valence-electron chi connectivity index (χ4n) is 2.16. The Balaban J connectivity index is 2.32. The number of nitrogens with zero attached hydrogens (tertiary/aromatic N) is 1. The summed E-state index contributed by atoms with van der Waals surface area (Å²) in [5, 5.41) is 2.96. The number of hydrazone groups is 1. The van der Waals surface area contributed by atoms with Crippen LogP contribution in [0.4, 0.5) is 22.0 Å². The third kappa shape index (κ3) is 1.80. The summed E-state index contributed by atoms with van der Waals surface area (Å²) in [5.74, 6) is -6.04. The average molecular weight is 303 g/mol. The topological polar surface area (TPSA) is 57.2 Å². The monoisotopic (exact) mass is 303 g/mol. The fraction of sp³-hybridized carbons (Fsp3) is 0.167. The summed E-state index contributed by atoms with van der Waals surface area (Å²) in [4.78, 5) is 14.3. The molecule has 2 N–H and O–H groups in total. The van der Waals surface area contributed by atoms with Crippen molar-refractivity contribution in [2.75, 3.05) is 0 Å². The molecular formula is C12H6F5N3O. The molecule has 0 fully saturated rings. The molecule has 2 heterocycles. The maximum absolute atomic E-state index is 13.6. The second kappa shape index (κ2) is 4.03. The number of aromatic nitrogens is 1. The van der Waals surface area contributed by atoms with Gasteiger partial charge < -0.3 is 4.98 Å². The Hall–Kier alpha value is -2.45. The van der Waals surface area contributed by atoms with Crippen molar-refractivity contribution in [3.63, 3.8) is 0 Å². The summed E-state index contributed by atoms with van der Waals surface area (Å²) < 4.78 is 64.9. The maximum Gasteiger partial charge on any atom is 0.459 e. The smallest absolute Gasteiger partial charge is 0.360 e. The summed E-state index contributed by atoms with van der Waals surface area (Å²) in [6.45, 7) is 0. The van der Waals surface area contributed by atoms with Gasteiger partial charge in [0.1, 0.15) is 5.71 Å². The number of aromatic amines is 1. The molecule has 0 spiro atoms. The first kappa shape index (κ1) is 13.5. The summed E-state index contributed by atoms with van der Waals surface area (Å²) in [6.07, 6.45) is -4.84. The molecule has 2 aromatic rings. The van der Waals surface area contributed by atoms with Gasteiger partial charge in [0.15, 0.2) is 0 Å². The Bertz CT molecular complexity index is 775. The average Bonchev–Trinajstić information content (AvgIpc) is 2.74. The van der Waals surface area contributed by atoms with Gasteiger partial charge >= 0.3 is 12.1 Å². The van der Waals surface area contributed by atoms with Crippen molar-refractivity contribution in [3.8, 4) is 0 Å². The van der Waals surface area contributed by atoms with Crippen LogP contribution in [-0.2, 0) is 0 Å². The van der Waals surface area contributed by atoms with E-state index in [1.54, 1.807) is 5.43 Å². The van der Waals surface area contributed by atoms with Crippen LogP contribution in [0.2, 0.25) is 0 Å². The summed E-state index contributed by atoms with van der Waals surface area (Å²) in [6, 6.07) is 4.26. The van der Waals surface area contributed by atoms with Crippen LogP contribution in [0.15, 0.2) is 29.5 Å². The molecule has 110 valence electrons. The van der Waals surface area contributed by atoms with Crippen molar-refractivity contribution >= 4 is 22.5 Å². The van der Waals surface area contributed by atoms with E-state index < -0.39 is 29.3 Å². The Kier molecular flexibility index (Phi) is 2.59. The first-order valence-electron chi connectivity index (χ1n) is 5.67. The molecule has 0 unspecified atom stereocenters. The number of hydrogen-bond donors (Lipinski definition) is 2. The van der Waals surface area contributed by atoms with Gasteiger partial charge in [0.2, 0.25) is 0 Å². The van der Waals surface area contributed by atoms with E-state index in [1.807, 2.05) is 0 Å². The molecule has 0 atom stereocenters. The van der Waals surface area contributed by atoms with E-state index in [-0.39, 0.29) is 16.5 Å². The van der Waals surface area contributed by atoms with Crippen LogP contribution in [-0.4, -0.2) is 28.7 Å². The van der Waals surface area contributed by atoms with Crippen molar-refractivity contribution in [2.24, 2.45) is 5.10 Å². The number of carbonyl (C=O) groups excluding carboxylic acids is 1. The highest BCUT2D eigenvalue weighted by Gasteiger charge is 2.62. The van der Waals surface area contributed by atoms with E-state index >= 15 is 0 Å². The number of amides is 1. The highest BCUT2D eigenvalue weighted by molar-refractivity contribution is 6.21. The molecule has 1 amide bonds. The number of hydrogen-bond acceptors (Lipinski definition) is 2. The molecule has 1 aromatic carbocycles. The largest absolute Gasteiger partial charge is 0.459 e. The predicted octanol–water partition coefficient (Wildman–Crippen LogP) is 2.81. The maximum atomic E-state index is 13.6. The highest BCUT2D eigenvalue weighted by Crippen LogP contribution is 2.40. The number of nitrogens with one attached hydrogen (secondary N) is 2. The summed E-state index contributed by atoms with van der Waals surface area (Å²) in [5.41, 5.74) is -0.0369. The molecule has 9 heteroatoms. The van der Waals surface area contributed by atoms with Crippen molar-refractivity contribution < 1.29 is 26.7 Å². The van der Waals surface area contributed by atoms with Crippen LogP contribution in [0.3, 0.4) is 0 Å². The van der Waals surface area contributed by atoms with Crippen LogP contribution in [0.25, 0.3) is 10.9 Å². The first-order chi connectivity index (χ1) is 9.73. The second-order valence-electron chi connectivity index (χ2n) is 4.40. The van der Waals surface area contributed by atoms with Crippen molar-refractivity contribution in [2.45, 2.75) is 12.1 Å². The fourth-order valence-corrected chi connectivity index (χ4v) is 2.16. The van der Waals surface area contributed by atoms with Gasteiger partial charge in [-0.3, -0.25) is 4.79 Å². The number of benzene rings is 1. The van der Waals surface area contributed by atoms with E-state index in [4.69, 9.17) is 0 Å². The number of H-pyrrole nitrogens is 1. The van der Waals surface area contributed by atoms with Crippen molar-refractivity contribution in [3.05, 3.63) is 35.5 Å². The number of alkyl halides is 5. The Morgan fingerprint density at radius 2 is 1.76 bits per heavy atom. The van der Waals surface area contributed by atoms with E-state index in [2.05, 4.69) is 10.1 Å². The summed E-state index contributed by atoms with van der Waals surface area (Å²) >= 11 is 0. The zero-order valence-corrected chi connectivity index (χ0v) is 10.1.